The SMILES string of the molecule is CCNC[C@H](O)[C@H](Cc1ccccc1)NC(=O)OC(C)(C)C. The number of carbonyl (C=O) groups is 1. The van der Waals surface area contributed by atoms with Gasteiger partial charge in [-0.05, 0) is 39.3 Å². The van der Waals surface area contributed by atoms with E-state index in [4.69, 9.17) is 4.74 Å². The third-order valence-electron chi connectivity index (χ3n) is 3.07. The molecule has 1 aromatic carbocycles. The Bertz CT molecular complexity index is 443. The molecule has 0 saturated heterocycles. The van der Waals surface area contributed by atoms with Crippen molar-refractivity contribution in [3.05, 3.63) is 35.9 Å². The van der Waals surface area contributed by atoms with Gasteiger partial charge in [0.1, 0.15) is 5.60 Å². The molecule has 0 unspecified atom stereocenters. The number of nitrogens with one attached hydrogen (secondary N) is 2. The maximum Gasteiger partial charge on any atom is 0.407 e. The van der Waals surface area contributed by atoms with Gasteiger partial charge in [0.15, 0.2) is 0 Å². The molecule has 0 aliphatic rings. The molecule has 3 N–H and O–H groups in total. The van der Waals surface area contributed by atoms with Crippen molar-refractivity contribution in [2.45, 2.75) is 51.9 Å². The van der Waals surface area contributed by atoms with Crippen molar-refractivity contribution < 1.29 is 14.6 Å². The molecule has 1 aromatic rings. The maximum absolute atomic E-state index is 12.0. The van der Waals surface area contributed by atoms with Gasteiger partial charge in [0, 0.05) is 6.54 Å². The lowest BCUT2D eigenvalue weighted by Gasteiger charge is -2.27. The molecule has 1 amide bonds. The molecule has 2 atom stereocenters. The second kappa shape index (κ2) is 8.76. The van der Waals surface area contributed by atoms with Crippen molar-refractivity contribution >= 4 is 6.09 Å². The number of carbonyl (C=O) groups excluding carboxylic acids is 1. The van der Waals surface area contributed by atoms with Crippen molar-refractivity contribution in [1.29, 1.82) is 0 Å². The van der Waals surface area contributed by atoms with Crippen molar-refractivity contribution in [3.8, 4) is 0 Å². The second-order valence-electron chi connectivity index (χ2n) is 6.32. The molecule has 0 aromatic heterocycles. The minimum atomic E-state index is -0.687. The fourth-order valence-corrected chi connectivity index (χ4v) is 2.04. The highest BCUT2D eigenvalue weighted by molar-refractivity contribution is 5.68. The highest BCUT2D eigenvalue weighted by atomic mass is 16.6. The molecule has 22 heavy (non-hydrogen) atoms. The second-order valence-corrected chi connectivity index (χ2v) is 6.32. The Kier molecular flexibility index (Phi) is 7.35. The Balaban J connectivity index is 2.71. The lowest BCUT2D eigenvalue weighted by atomic mass is 10.0. The van der Waals surface area contributed by atoms with Crippen LogP contribution in [0.25, 0.3) is 0 Å². The number of likely N-dealkylation sites (N-methyl/N-ethyl adjacent to an activating group) is 1. The van der Waals surface area contributed by atoms with Crippen LogP contribution in [0.3, 0.4) is 0 Å². The average Bonchev–Trinajstić information content (AvgIpc) is 2.43. The zero-order valence-electron chi connectivity index (χ0n) is 13.9. The first-order valence-corrected chi connectivity index (χ1v) is 7.74. The Morgan fingerprint density at radius 3 is 2.45 bits per heavy atom. The summed E-state index contributed by atoms with van der Waals surface area (Å²) in [6.45, 7) is 8.60. The van der Waals surface area contributed by atoms with Crippen LogP contribution in [0.5, 0.6) is 0 Å². The molecular formula is C17H28N2O3. The first kappa shape index (κ1) is 18.5. The van der Waals surface area contributed by atoms with Gasteiger partial charge in [0.25, 0.3) is 0 Å². The van der Waals surface area contributed by atoms with Crippen LogP contribution >= 0.6 is 0 Å². The summed E-state index contributed by atoms with van der Waals surface area (Å²) in [7, 11) is 0. The monoisotopic (exact) mass is 308 g/mol. The number of hydrogen-bond donors (Lipinski definition) is 3. The van der Waals surface area contributed by atoms with Crippen LogP contribution in [0.4, 0.5) is 4.79 Å². The van der Waals surface area contributed by atoms with Gasteiger partial charge in [0.2, 0.25) is 0 Å². The first-order valence-electron chi connectivity index (χ1n) is 7.74. The van der Waals surface area contributed by atoms with Gasteiger partial charge in [-0.3, -0.25) is 0 Å². The lowest BCUT2D eigenvalue weighted by molar-refractivity contribution is 0.0423. The number of amides is 1. The minimum absolute atomic E-state index is 0.406. The predicted octanol–water partition coefficient (Wildman–Crippen LogP) is 2.09. The molecule has 1 rings (SSSR count). The molecule has 0 aliphatic carbocycles. The standard InChI is InChI=1S/C17H28N2O3/c1-5-18-12-15(20)14(11-13-9-7-6-8-10-13)19-16(21)22-17(2,3)4/h6-10,14-15,18,20H,5,11-12H2,1-4H3,(H,19,21)/t14-,15-/m0/s1. The van der Waals surface area contributed by atoms with E-state index in [2.05, 4.69) is 10.6 Å². The van der Waals surface area contributed by atoms with E-state index in [1.165, 1.54) is 0 Å². The van der Waals surface area contributed by atoms with E-state index in [1.54, 1.807) is 0 Å². The van der Waals surface area contributed by atoms with Gasteiger partial charge in [-0.2, -0.15) is 0 Å². The molecule has 0 radical (unpaired) electrons. The van der Waals surface area contributed by atoms with E-state index >= 15 is 0 Å². The molecule has 0 aliphatic heterocycles. The van der Waals surface area contributed by atoms with Gasteiger partial charge in [-0.1, -0.05) is 37.3 Å². The predicted molar refractivity (Wildman–Crippen MR) is 87.9 cm³/mol. The number of aliphatic hydroxyl groups is 1. The summed E-state index contributed by atoms with van der Waals surface area (Å²) in [5, 5.41) is 16.2. The largest absolute Gasteiger partial charge is 0.444 e. The lowest BCUT2D eigenvalue weighted by Crippen LogP contribution is -2.50. The zero-order valence-corrected chi connectivity index (χ0v) is 13.9. The van der Waals surface area contributed by atoms with Crippen molar-refractivity contribution in [3.63, 3.8) is 0 Å². The number of alkyl carbamates (subject to hydrolysis) is 1. The van der Waals surface area contributed by atoms with Gasteiger partial charge >= 0.3 is 6.09 Å². The quantitative estimate of drug-likeness (QED) is 0.721. The fourth-order valence-electron chi connectivity index (χ4n) is 2.04. The molecule has 0 saturated carbocycles. The summed E-state index contributed by atoms with van der Waals surface area (Å²) < 4.78 is 5.28. The summed E-state index contributed by atoms with van der Waals surface area (Å²) >= 11 is 0. The number of aliphatic hydroxyl groups excluding tert-OH is 1. The van der Waals surface area contributed by atoms with Crippen LogP contribution in [-0.2, 0) is 11.2 Å². The summed E-state index contributed by atoms with van der Waals surface area (Å²) in [4.78, 5) is 12.0. The topological polar surface area (TPSA) is 70.6 Å². The van der Waals surface area contributed by atoms with Crippen LogP contribution in [0, 0.1) is 0 Å². The smallest absolute Gasteiger partial charge is 0.407 e. The molecule has 0 heterocycles. The van der Waals surface area contributed by atoms with E-state index in [-0.39, 0.29) is 0 Å². The van der Waals surface area contributed by atoms with Gasteiger partial charge < -0.3 is 20.5 Å². The van der Waals surface area contributed by atoms with Gasteiger partial charge in [-0.25, -0.2) is 4.79 Å². The van der Waals surface area contributed by atoms with Crippen LogP contribution in [0.2, 0.25) is 0 Å². The molecule has 0 spiro atoms. The molecule has 124 valence electrons. The number of benzene rings is 1. The number of hydrogen-bond acceptors (Lipinski definition) is 4. The number of rotatable bonds is 7. The van der Waals surface area contributed by atoms with Crippen LogP contribution < -0.4 is 10.6 Å². The highest BCUT2D eigenvalue weighted by Crippen LogP contribution is 2.10. The van der Waals surface area contributed by atoms with E-state index in [1.807, 2.05) is 58.0 Å². The first-order chi connectivity index (χ1) is 10.3. The Hall–Kier alpha value is -1.59. The van der Waals surface area contributed by atoms with Crippen molar-refractivity contribution in [2.75, 3.05) is 13.1 Å². The molecule has 5 heteroatoms. The average molecular weight is 308 g/mol. The van der Waals surface area contributed by atoms with E-state index < -0.39 is 23.8 Å². The van der Waals surface area contributed by atoms with Crippen LogP contribution in [-0.4, -0.2) is 42.0 Å². The van der Waals surface area contributed by atoms with E-state index in [0.29, 0.717) is 13.0 Å². The van der Waals surface area contributed by atoms with Crippen molar-refractivity contribution in [1.82, 2.24) is 10.6 Å². The van der Waals surface area contributed by atoms with Gasteiger partial charge in [0.05, 0.1) is 12.1 Å². The molecular weight excluding hydrogens is 280 g/mol. The third kappa shape index (κ3) is 7.43. The summed E-state index contributed by atoms with van der Waals surface area (Å²) in [6.07, 6.45) is -0.649. The summed E-state index contributed by atoms with van der Waals surface area (Å²) in [5.41, 5.74) is 0.493. The number of ether oxygens (including phenoxy) is 1. The third-order valence-corrected chi connectivity index (χ3v) is 3.07. The zero-order chi connectivity index (χ0) is 16.6. The molecule has 0 bridgehead atoms. The van der Waals surface area contributed by atoms with Crippen LogP contribution in [0.1, 0.15) is 33.3 Å². The molecule has 5 nitrogen and oxygen atoms in total. The Morgan fingerprint density at radius 2 is 1.91 bits per heavy atom. The van der Waals surface area contributed by atoms with Gasteiger partial charge in [-0.15, -0.1) is 0 Å². The maximum atomic E-state index is 12.0. The Morgan fingerprint density at radius 1 is 1.27 bits per heavy atom. The van der Waals surface area contributed by atoms with E-state index in [0.717, 1.165) is 12.1 Å². The minimum Gasteiger partial charge on any atom is -0.444 e. The highest BCUT2D eigenvalue weighted by Gasteiger charge is 2.24. The van der Waals surface area contributed by atoms with Crippen LogP contribution in [0.15, 0.2) is 30.3 Å². The summed E-state index contributed by atoms with van der Waals surface area (Å²) in [5.74, 6) is 0. The fraction of sp³-hybridized carbons (Fsp3) is 0.588. The Labute approximate surface area is 133 Å². The van der Waals surface area contributed by atoms with E-state index in [9.17, 15) is 9.90 Å². The van der Waals surface area contributed by atoms with Crippen molar-refractivity contribution in [2.24, 2.45) is 0 Å². The summed E-state index contributed by atoms with van der Waals surface area (Å²) in [6, 6.07) is 9.37. The normalized spacial score (nSPS) is 14.2. The molecule has 0 fully saturated rings.